The molecule has 2 aromatic heterocycles. The van der Waals surface area contributed by atoms with Crippen LogP contribution in [0, 0.1) is 0 Å². The van der Waals surface area contributed by atoms with Crippen molar-refractivity contribution in [2.45, 2.75) is 32.5 Å². The van der Waals surface area contributed by atoms with Crippen molar-refractivity contribution in [2.24, 2.45) is 0 Å². The molecule has 4 rings (SSSR count). The molecule has 6 nitrogen and oxygen atoms in total. The van der Waals surface area contributed by atoms with Crippen molar-refractivity contribution in [3.63, 3.8) is 0 Å². The van der Waals surface area contributed by atoms with Crippen LogP contribution in [0.4, 0.5) is 5.95 Å². The summed E-state index contributed by atoms with van der Waals surface area (Å²) < 4.78 is 1.91. The van der Waals surface area contributed by atoms with Gasteiger partial charge in [0.05, 0.1) is 17.1 Å². The predicted molar refractivity (Wildman–Crippen MR) is 103 cm³/mol. The Balaban J connectivity index is 1.57. The van der Waals surface area contributed by atoms with E-state index in [0.29, 0.717) is 19.0 Å². The summed E-state index contributed by atoms with van der Waals surface area (Å²) in [7, 11) is 0. The molecular weight excluding hydrogens is 348 g/mol. The van der Waals surface area contributed by atoms with E-state index in [1.807, 2.05) is 33.7 Å². The highest BCUT2D eigenvalue weighted by atomic mass is 32.1. The van der Waals surface area contributed by atoms with E-state index >= 15 is 0 Å². The van der Waals surface area contributed by atoms with Crippen molar-refractivity contribution in [2.75, 3.05) is 18.4 Å². The molecule has 7 heteroatoms. The number of thiophene rings is 1. The lowest BCUT2D eigenvalue weighted by Crippen LogP contribution is -2.37. The monoisotopic (exact) mass is 370 g/mol. The second-order valence-corrected chi connectivity index (χ2v) is 7.68. The number of amides is 1. The zero-order chi connectivity index (χ0) is 18.1. The molecule has 0 fully saturated rings. The molecule has 0 unspecified atom stereocenters. The van der Waals surface area contributed by atoms with Crippen LogP contribution in [0.15, 0.2) is 35.7 Å². The van der Waals surface area contributed by atoms with Crippen molar-refractivity contribution in [1.29, 1.82) is 0 Å². The number of benzene rings is 1. The minimum absolute atomic E-state index is 0.0881. The van der Waals surface area contributed by atoms with Crippen LogP contribution >= 0.6 is 11.3 Å². The first kappa shape index (κ1) is 17.1. The molecule has 3 heterocycles. The standard InChI is InChI=1S/C19H22N4O2S/c1-13(24)10-20-19-21-15-4-2-3-5-16(15)23(19)12-18(25)22-8-6-17-14(11-22)7-9-26-17/h2-5,7,9,13,24H,6,8,10-12H2,1H3,(H,20,21)/t13-/m1/s1. The number of hydrogen-bond donors (Lipinski definition) is 2. The molecule has 0 aliphatic carbocycles. The van der Waals surface area contributed by atoms with E-state index in [2.05, 4.69) is 21.7 Å². The Hall–Kier alpha value is -2.38. The molecule has 1 amide bonds. The van der Waals surface area contributed by atoms with Crippen LogP contribution < -0.4 is 5.32 Å². The maximum Gasteiger partial charge on any atom is 0.242 e. The van der Waals surface area contributed by atoms with Crippen LogP contribution in [-0.2, 0) is 24.3 Å². The number of rotatable bonds is 5. The molecular formula is C19H22N4O2S. The van der Waals surface area contributed by atoms with Crippen molar-refractivity contribution >= 4 is 34.2 Å². The van der Waals surface area contributed by atoms with E-state index in [-0.39, 0.29) is 12.5 Å². The smallest absolute Gasteiger partial charge is 0.242 e. The highest BCUT2D eigenvalue weighted by Crippen LogP contribution is 2.25. The van der Waals surface area contributed by atoms with Crippen LogP contribution in [-0.4, -0.2) is 44.7 Å². The molecule has 0 bridgehead atoms. The lowest BCUT2D eigenvalue weighted by atomic mass is 10.1. The average molecular weight is 370 g/mol. The molecule has 3 aromatic rings. The first-order valence-corrected chi connectivity index (χ1v) is 9.70. The van der Waals surface area contributed by atoms with Crippen LogP contribution in [0.25, 0.3) is 11.0 Å². The fourth-order valence-corrected chi connectivity index (χ4v) is 4.20. The second kappa shape index (κ2) is 7.09. The molecule has 0 saturated carbocycles. The summed E-state index contributed by atoms with van der Waals surface area (Å²) in [6, 6.07) is 9.89. The second-order valence-electron chi connectivity index (χ2n) is 6.67. The van der Waals surface area contributed by atoms with E-state index in [0.717, 1.165) is 24.0 Å². The predicted octanol–water partition coefficient (Wildman–Crippen LogP) is 2.48. The molecule has 1 aliphatic heterocycles. The third-order valence-corrected chi connectivity index (χ3v) is 5.69. The molecule has 136 valence electrons. The van der Waals surface area contributed by atoms with E-state index < -0.39 is 6.10 Å². The van der Waals surface area contributed by atoms with E-state index in [4.69, 9.17) is 0 Å². The fraction of sp³-hybridized carbons (Fsp3) is 0.368. The van der Waals surface area contributed by atoms with Crippen molar-refractivity contribution in [3.8, 4) is 0 Å². The van der Waals surface area contributed by atoms with Crippen molar-refractivity contribution in [3.05, 3.63) is 46.2 Å². The number of anilines is 1. The topological polar surface area (TPSA) is 70.4 Å². The molecule has 26 heavy (non-hydrogen) atoms. The Morgan fingerprint density at radius 1 is 1.38 bits per heavy atom. The summed E-state index contributed by atoms with van der Waals surface area (Å²) in [6.45, 7) is 3.79. The van der Waals surface area contributed by atoms with Crippen molar-refractivity contribution in [1.82, 2.24) is 14.5 Å². The minimum Gasteiger partial charge on any atom is -0.392 e. The molecule has 0 radical (unpaired) electrons. The van der Waals surface area contributed by atoms with Gasteiger partial charge in [-0.1, -0.05) is 12.1 Å². The molecule has 0 spiro atoms. The Bertz CT molecular complexity index is 931. The highest BCUT2D eigenvalue weighted by Gasteiger charge is 2.23. The maximum absolute atomic E-state index is 12.9. The van der Waals surface area contributed by atoms with Gasteiger partial charge < -0.3 is 19.9 Å². The summed E-state index contributed by atoms with van der Waals surface area (Å²) >= 11 is 1.77. The average Bonchev–Trinajstić information content (AvgIpc) is 3.24. The molecule has 0 saturated heterocycles. The van der Waals surface area contributed by atoms with Gasteiger partial charge in [-0.2, -0.15) is 0 Å². The Kier molecular flexibility index (Phi) is 4.65. The normalized spacial score (nSPS) is 15.1. The lowest BCUT2D eigenvalue weighted by molar-refractivity contribution is -0.132. The number of aliphatic hydroxyl groups is 1. The van der Waals surface area contributed by atoms with Crippen LogP contribution in [0.5, 0.6) is 0 Å². The first-order chi connectivity index (χ1) is 12.6. The third kappa shape index (κ3) is 3.32. The Morgan fingerprint density at radius 3 is 3.08 bits per heavy atom. The number of aromatic nitrogens is 2. The van der Waals surface area contributed by atoms with Gasteiger partial charge in [-0.15, -0.1) is 11.3 Å². The summed E-state index contributed by atoms with van der Waals surface area (Å²) in [4.78, 5) is 20.8. The summed E-state index contributed by atoms with van der Waals surface area (Å²) in [6.07, 6.45) is 0.439. The summed E-state index contributed by atoms with van der Waals surface area (Å²) in [5.74, 6) is 0.707. The van der Waals surface area contributed by atoms with Crippen LogP contribution in [0.3, 0.4) is 0 Å². The maximum atomic E-state index is 12.9. The summed E-state index contributed by atoms with van der Waals surface area (Å²) in [5, 5.41) is 14.8. The molecule has 2 N–H and O–H groups in total. The number of para-hydroxylation sites is 2. The van der Waals surface area contributed by atoms with Crippen molar-refractivity contribution < 1.29 is 9.90 Å². The zero-order valence-corrected chi connectivity index (χ0v) is 15.5. The van der Waals surface area contributed by atoms with Gasteiger partial charge in [-0.3, -0.25) is 4.79 Å². The zero-order valence-electron chi connectivity index (χ0n) is 14.7. The number of carbonyl (C=O) groups excluding carboxylic acids is 1. The number of hydrogen-bond acceptors (Lipinski definition) is 5. The van der Waals surface area contributed by atoms with Gasteiger partial charge in [0.1, 0.15) is 6.54 Å². The van der Waals surface area contributed by atoms with Gasteiger partial charge in [0.2, 0.25) is 11.9 Å². The number of nitrogens with one attached hydrogen (secondary N) is 1. The quantitative estimate of drug-likeness (QED) is 0.724. The Morgan fingerprint density at radius 2 is 2.23 bits per heavy atom. The van der Waals surface area contributed by atoms with Crippen LogP contribution in [0.1, 0.15) is 17.4 Å². The third-order valence-electron chi connectivity index (χ3n) is 4.66. The van der Waals surface area contributed by atoms with Gasteiger partial charge in [0, 0.05) is 24.5 Å². The van der Waals surface area contributed by atoms with Gasteiger partial charge >= 0.3 is 0 Å². The largest absolute Gasteiger partial charge is 0.392 e. The van der Waals surface area contributed by atoms with Crippen LogP contribution in [0.2, 0.25) is 0 Å². The lowest BCUT2D eigenvalue weighted by Gasteiger charge is -2.27. The van der Waals surface area contributed by atoms with Gasteiger partial charge in [-0.25, -0.2) is 4.98 Å². The molecule has 1 atom stereocenters. The summed E-state index contributed by atoms with van der Waals surface area (Å²) in [5.41, 5.74) is 3.02. The van der Waals surface area contributed by atoms with E-state index in [9.17, 15) is 9.90 Å². The molecule has 1 aliphatic rings. The number of fused-ring (bicyclic) bond motifs is 2. The van der Waals surface area contributed by atoms with E-state index in [1.54, 1.807) is 18.3 Å². The number of carbonyl (C=O) groups is 1. The number of imidazole rings is 1. The number of nitrogens with zero attached hydrogens (tertiary/aromatic N) is 3. The Labute approximate surface area is 156 Å². The SMILES string of the molecule is C[C@@H](O)CNc1nc2ccccc2n1CC(=O)N1CCc2sccc2C1. The van der Waals surface area contributed by atoms with Gasteiger partial charge in [0.25, 0.3) is 0 Å². The first-order valence-electron chi connectivity index (χ1n) is 8.82. The number of aliphatic hydroxyl groups excluding tert-OH is 1. The van der Waals surface area contributed by atoms with Gasteiger partial charge in [-0.05, 0) is 42.5 Å². The highest BCUT2D eigenvalue weighted by molar-refractivity contribution is 7.10. The minimum atomic E-state index is -0.488. The molecule has 1 aromatic carbocycles. The van der Waals surface area contributed by atoms with E-state index in [1.165, 1.54) is 10.4 Å². The van der Waals surface area contributed by atoms with Gasteiger partial charge in [0.15, 0.2) is 0 Å². The fourth-order valence-electron chi connectivity index (χ4n) is 3.31.